The van der Waals surface area contributed by atoms with Crippen LogP contribution in [0.1, 0.15) is 58.3 Å². The predicted molar refractivity (Wildman–Crippen MR) is 102 cm³/mol. The molecule has 2 aromatic heterocycles. The molecule has 6 rings (SSSR count). The number of hydrogen-bond donors (Lipinski definition) is 2. The third kappa shape index (κ3) is 2.33. The highest BCUT2D eigenvalue weighted by atomic mass is 79.9. The first-order chi connectivity index (χ1) is 13.0. The molecule has 1 atom stereocenters. The normalized spacial score (nSPS) is 21.0. The number of nitrogens with two attached hydrogens (primary N) is 1. The Labute approximate surface area is 163 Å². The Bertz CT molecular complexity index is 1080. The second-order valence-corrected chi connectivity index (χ2v) is 8.16. The molecule has 2 aliphatic heterocycles. The van der Waals surface area contributed by atoms with Crippen LogP contribution < -0.4 is 5.73 Å². The molecule has 0 spiro atoms. The number of rotatable bonds is 3. The Morgan fingerprint density at radius 2 is 2.15 bits per heavy atom. The molecular formula is C19H18BrN5O2. The monoisotopic (exact) mass is 427 g/mol. The van der Waals surface area contributed by atoms with Crippen molar-refractivity contribution in [3.63, 3.8) is 0 Å². The van der Waals surface area contributed by atoms with Gasteiger partial charge in [-0.2, -0.15) is 5.10 Å². The van der Waals surface area contributed by atoms with E-state index in [4.69, 9.17) is 5.73 Å². The fraction of sp³-hybridized carbons (Fsp3) is 0.316. The topological polar surface area (TPSA) is 99.0 Å². The van der Waals surface area contributed by atoms with Gasteiger partial charge in [0.15, 0.2) is 5.69 Å². The summed E-state index contributed by atoms with van der Waals surface area (Å²) in [6.45, 7) is 0. The number of carbonyl (C=O) groups is 1. The van der Waals surface area contributed by atoms with E-state index in [1.54, 1.807) is 24.0 Å². The Balaban J connectivity index is 1.79. The van der Waals surface area contributed by atoms with Crippen LogP contribution >= 0.6 is 15.9 Å². The molecule has 3 aromatic rings. The van der Waals surface area contributed by atoms with Gasteiger partial charge in [0.1, 0.15) is 11.9 Å². The van der Waals surface area contributed by atoms with Gasteiger partial charge < -0.3 is 15.4 Å². The molecule has 138 valence electrons. The van der Waals surface area contributed by atoms with Crippen LogP contribution in [0.2, 0.25) is 0 Å². The number of primary amides is 1. The lowest BCUT2D eigenvalue weighted by atomic mass is 9.75. The van der Waals surface area contributed by atoms with Crippen LogP contribution in [0.3, 0.4) is 0 Å². The van der Waals surface area contributed by atoms with Crippen molar-refractivity contribution in [3.8, 4) is 11.4 Å². The van der Waals surface area contributed by atoms with E-state index in [9.17, 15) is 9.90 Å². The quantitative estimate of drug-likeness (QED) is 0.670. The van der Waals surface area contributed by atoms with Crippen molar-refractivity contribution in [2.24, 2.45) is 12.8 Å². The molecule has 2 bridgehead atoms. The number of amides is 1. The lowest BCUT2D eigenvalue weighted by Crippen LogP contribution is -2.27. The fourth-order valence-corrected chi connectivity index (χ4v) is 4.73. The Hall–Kier alpha value is -2.45. The van der Waals surface area contributed by atoms with Gasteiger partial charge in [-0.25, -0.2) is 4.98 Å². The van der Waals surface area contributed by atoms with E-state index in [-0.39, 0.29) is 11.7 Å². The van der Waals surface area contributed by atoms with E-state index in [1.165, 1.54) is 5.56 Å². The molecular weight excluding hydrogens is 410 g/mol. The molecule has 27 heavy (non-hydrogen) atoms. The van der Waals surface area contributed by atoms with Crippen molar-refractivity contribution in [1.82, 2.24) is 19.3 Å². The number of aryl methyl sites for hydroxylation is 1. The van der Waals surface area contributed by atoms with Crippen molar-refractivity contribution >= 4 is 21.8 Å². The summed E-state index contributed by atoms with van der Waals surface area (Å²) in [5.74, 6) is 0.527. The highest BCUT2D eigenvalue weighted by Gasteiger charge is 2.42. The summed E-state index contributed by atoms with van der Waals surface area (Å²) >= 11 is 3.54. The van der Waals surface area contributed by atoms with Crippen molar-refractivity contribution in [3.05, 3.63) is 57.6 Å². The van der Waals surface area contributed by atoms with Gasteiger partial charge in [0.2, 0.25) is 0 Å². The third-order valence-corrected chi connectivity index (χ3v) is 6.25. The van der Waals surface area contributed by atoms with Gasteiger partial charge in [0, 0.05) is 29.3 Å². The number of hydrogen-bond acceptors (Lipinski definition) is 4. The highest BCUT2D eigenvalue weighted by molar-refractivity contribution is 9.10. The Morgan fingerprint density at radius 3 is 2.81 bits per heavy atom. The second-order valence-electron chi connectivity index (χ2n) is 7.24. The van der Waals surface area contributed by atoms with Gasteiger partial charge >= 0.3 is 0 Å². The number of halogens is 1. The van der Waals surface area contributed by atoms with Gasteiger partial charge in [-0.05, 0) is 42.5 Å². The average Bonchev–Trinajstić information content (AvgIpc) is 3.13. The number of imidazole rings is 1. The SMILES string of the molecule is Cn1nccc1C(O)c1c(C(N)=O)nc2n1C1CC(C1)c1ccc(Br)cc1-2. The van der Waals surface area contributed by atoms with E-state index in [0.29, 0.717) is 23.1 Å². The van der Waals surface area contributed by atoms with E-state index < -0.39 is 12.0 Å². The maximum absolute atomic E-state index is 12.2. The maximum Gasteiger partial charge on any atom is 0.269 e. The summed E-state index contributed by atoms with van der Waals surface area (Å²) in [7, 11) is 1.76. The molecule has 0 saturated heterocycles. The predicted octanol–water partition coefficient (Wildman–Crippen LogP) is 2.66. The summed E-state index contributed by atoms with van der Waals surface area (Å²) in [6, 6.07) is 8.10. The molecule has 1 aromatic carbocycles. The van der Waals surface area contributed by atoms with Gasteiger partial charge in [-0.3, -0.25) is 9.48 Å². The standard InChI is InChI=1S/C19H18BrN5O2/c1-24-14(4-5-22-24)17(26)16-15(18(21)27)23-19-13-8-10(20)2-3-12(13)9-6-11(7-9)25(16)19/h2-5,8-9,11,17,26H,6-7H2,1H3,(H2,21,27). The van der Waals surface area contributed by atoms with Crippen molar-refractivity contribution in [2.45, 2.75) is 30.9 Å². The molecule has 7 nitrogen and oxygen atoms in total. The van der Waals surface area contributed by atoms with Gasteiger partial charge in [0.05, 0.1) is 11.4 Å². The molecule has 1 amide bonds. The lowest BCUT2D eigenvalue weighted by molar-refractivity contribution is 0.0988. The highest BCUT2D eigenvalue weighted by Crippen LogP contribution is 2.53. The van der Waals surface area contributed by atoms with E-state index in [1.807, 2.05) is 16.7 Å². The molecule has 1 fully saturated rings. The maximum atomic E-state index is 12.2. The van der Waals surface area contributed by atoms with Gasteiger partial charge in [-0.15, -0.1) is 0 Å². The van der Waals surface area contributed by atoms with Crippen LogP contribution in [0, 0.1) is 0 Å². The minimum absolute atomic E-state index is 0.120. The summed E-state index contributed by atoms with van der Waals surface area (Å²) < 4.78 is 4.57. The summed E-state index contributed by atoms with van der Waals surface area (Å²) in [6.07, 6.45) is 2.50. The summed E-state index contributed by atoms with van der Waals surface area (Å²) in [5, 5.41) is 15.3. The number of benzene rings is 1. The van der Waals surface area contributed by atoms with E-state index in [2.05, 4.69) is 32.1 Å². The largest absolute Gasteiger partial charge is 0.380 e. The van der Waals surface area contributed by atoms with Crippen LogP contribution in [-0.4, -0.2) is 30.3 Å². The van der Waals surface area contributed by atoms with E-state index in [0.717, 1.165) is 22.9 Å². The molecule has 1 aliphatic carbocycles. The van der Waals surface area contributed by atoms with Crippen molar-refractivity contribution in [1.29, 1.82) is 0 Å². The Kier molecular flexibility index (Phi) is 3.57. The van der Waals surface area contributed by atoms with Crippen LogP contribution in [0.15, 0.2) is 34.9 Å². The molecule has 3 N–H and O–H groups in total. The number of aliphatic hydroxyl groups is 1. The molecule has 4 heterocycles. The van der Waals surface area contributed by atoms with Gasteiger partial charge in [-0.1, -0.05) is 22.0 Å². The minimum atomic E-state index is -1.03. The smallest absolute Gasteiger partial charge is 0.269 e. The van der Waals surface area contributed by atoms with Gasteiger partial charge in [0.25, 0.3) is 5.91 Å². The number of aromatic nitrogens is 4. The first kappa shape index (κ1) is 16.7. The minimum Gasteiger partial charge on any atom is -0.380 e. The van der Waals surface area contributed by atoms with Crippen LogP contribution in [-0.2, 0) is 7.05 Å². The first-order valence-corrected chi connectivity index (χ1v) is 9.62. The molecule has 1 saturated carbocycles. The number of aliphatic hydroxyl groups excluding tert-OH is 1. The zero-order chi connectivity index (χ0) is 18.9. The molecule has 1 unspecified atom stereocenters. The fourth-order valence-electron chi connectivity index (χ4n) is 4.37. The van der Waals surface area contributed by atoms with Crippen LogP contribution in [0.4, 0.5) is 0 Å². The molecule has 3 aliphatic rings. The van der Waals surface area contributed by atoms with Crippen LogP contribution in [0.25, 0.3) is 11.4 Å². The Morgan fingerprint density at radius 1 is 1.37 bits per heavy atom. The number of nitrogens with zero attached hydrogens (tertiary/aromatic N) is 4. The van der Waals surface area contributed by atoms with Crippen LogP contribution in [0.5, 0.6) is 0 Å². The lowest BCUT2D eigenvalue weighted by Gasteiger charge is -2.36. The zero-order valence-corrected chi connectivity index (χ0v) is 16.2. The second kappa shape index (κ2) is 5.77. The summed E-state index contributed by atoms with van der Waals surface area (Å²) in [4.78, 5) is 16.8. The number of carbonyl (C=O) groups excluding carboxylic acids is 1. The summed E-state index contributed by atoms with van der Waals surface area (Å²) in [5.41, 5.74) is 9.03. The first-order valence-electron chi connectivity index (χ1n) is 8.83. The zero-order valence-electron chi connectivity index (χ0n) is 14.6. The third-order valence-electron chi connectivity index (χ3n) is 5.75. The molecule has 0 radical (unpaired) electrons. The average molecular weight is 428 g/mol. The van der Waals surface area contributed by atoms with E-state index >= 15 is 0 Å². The molecule has 8 heteroatoms. The van der Waals surface area contributed by atoms with Crippen molar-refractivity contribution in [2.75, 3.05) is 0 Å². The van der Waals surface area contributed by atoms with Crippen molar-refractivity contribution < 1.29 is 9.90 Å².